The number of ether oxygens (including phenoxy) is 2. The van der Waals surface area contributed by atoms with Crippen LogP contribution in [0.25, 0.3) is 0 Å². The summed E-state index contributed by atoms with van der Waals surface area (Å²) < 4.78 is 10.8. The Bertz CT molecular complexity index is 865. The van der Waals surface area contributed by atoms with Gasteiger partial charge >= 0.3 is 5.97 Å². The van der Waals surface area contributed by atoms with Crippen molar-refractivity contribution in [2.45, 2.75) is 43.5 Å². The third kappa shape index (κ3) is 4.72. The molecule has 3 rings (SSSR count). The van der Waals surface area contributed by atoms with Crippen LogP contribution >= 0.6 is 0 Å². The zero-order valence-electron chi connectivity index (χ0n) is 16.0. The van der Waals surface area contributed by atoms with E-state index in [9.17, 15) is 35.4 Å². The lowest BCUT2D eigenvalue weighted by Gasteiger charge is -2.39. The molecule has 0 amide bonds. The van der Waals surface area contributed by atoms with E-state index in [0.29, 0.717) is 24.2 Å². The van der Waals surface area contributed by atoms with Crippen molar-refractivity contribution in [1.29, 1.82) is 0 Å². The molecule has 1 saturated heterocycles. The summed E-state index contributed by atoms with van der Waals surface area (Å²) in [6.45, 7) is -0.545. The fraction of sp³-hybridized carbons (Fsp3) is 0.381. The second-order valence-electron chi connectivity index (χ2n) is 7.08. The lowest BCUT2D eigenvalue weighted by Crippen LogP contribution is -2.60. The maximum atomic E-state index is 11.3. The summed E-state index contributed by atoms with van der Waals surface area (Å²) >= 11 is 0. The molecule has 0 aliphatic carbocycles. The molecule has 9 heteroatoms. The van der Waals surface area contributed by atoms with Crippen molar-refractivity contribution in [2.24, 2.45) is 0 Å². The second kappa shape index (κ2) is 9.41. The standard InChI is InChI=1S/C21H24O9/c22-10-15-17(24)18(25)19(26)21(30-15)29-13-8-5-11(6-9-13)4-7-12-2-1-3-14(23)16(12)20(27)28/h1-3,5-6,8-9,15,17-19,21-26H,4,7,10H2,(H,27,28)/t15-,17-,18+,19-,21-/m1/s1. The van der Waals surface area contributed by atoms with Crippen molar-refractivity contribution in [1.82, 2.24) is 0 Å². The summed E-state index contributed by atoms with van der Waals surface area (Å²) in [5.74, 6) is -1.12. The molecule has 1 heterocycles. The first-order valence-electron chi connectivity index (χ1n) is 9.42. The molecule has 0 radical (unpaired) electrons. The van der Waals surface area contributed by atoms with Gasteiger partial charge in [-0.15, -0.1) is 0 Å². The van der Waals surface area contributed by atoms with Gasteiger partial charge in [0.15, 0.2) is 0 Å². The van der Waals surface area contributed by atoms with Gasteiger partial charge in [-0.05, 0) is 42.2 Å². The topological polar surface area (TPSA) is 157 Å². The molecular formula is C21H24O9. The molecule has 6 N–H and O–H groups in total. The van der Waals surface area contributed by atoms with Crippen LogP contribution in [0.2, 0.25) is 0 Å². The van der Waals surface area contributed by atoms with Crippen LogP contribution in [0.3, 0.4) is 0 Å². The predicted octanol–water partition coefficient (Wildman–Crippen LogP) is 0.0543. The summed E-state index contributed by atoms with van der Waals surface area (Å²) in [5, 5.41) is 57.9. The van der Waals surface area contributed by atoms with Crippen molar-refractivity contribution < 1.29 is 44.9 Å². The number of aliphatic hydroxyl groups excluding tert-OH is 4. The van der Waals surface area contributed by atoms with Gasteiger partial charge in [-0.2, -0.15) is 0 Å². The Kier molecular flexibility index (Phi) is 6.91. The number of aromatic carboxylic acids is 1. The number of carboxylic acids is 1. The van der Waals surface area contributed by atoms with Crippen molar-refractivity contribution in [2.75, 3.05) is 6.61 Å². The summed E-state index contributed by atoms with van der Waals surface area (Å²) in [6.07, 6.45) is -5.88. The van der Waals surface area contributed by atoms with Gasteiger partial charge in [0.25, 0.3) is 0 Å². The Balaban J connectivity index is 1.63. The van der Waals surface area contributed by atoms with Gasteiger partial charge in [-0.1, -0.05) is 24.3 Å². The number of aromatic hydroxyl groups is 1. The summed E-state index contributed by atoms with van der Waals surface area (Å²) in [5.41, 5.74) is 1.29. The van der Waals surface area contributed by atoms with Crippen molar-refractivity contribution in [3.8, 4) is 11.5 Å². The quantitative estimate of drug-likeness (QED) is 0.364. The number of rotatable bonds is 7. The lowest BCUT2D eigenvalue weighted by molar-refractivity contribution is -0.277. The average molecular weight is 420 g/mol. The van der Waals surface area contributed by atoms with Gasteiger partial charge in [0.05, 0.1) is 6.61 Å². The molecule has 0 unspecified atom stereocenters. The Labute approximate surface area is 172 Å². The average Bonchev–Trinajstić information content (AvgIpc) is 2.73. The molecular weight excluding hydrogens is 396 g/mol. The number of benzene rings is 2. The molecule has 5 atom stereocenters. The minimum absolute atomic E-state index is 0.111. The number of hydrogen-bond acceptors (Lipinski definition) is 8. The Hall–Kier alpha value is -2.69. The lowest BCUT2D eigenvalue weighted by atomic mass is 9.99. The van der Waals surface area contributed by atoms with E-state index in [4.69, 9.17) is 9.47 Å². The van der Waals surface area contributed by atoms with Gasteiger partial charge in [0.2, 0.25) is 6.29 Å². The van der Waals surface area contributed by atoms with Gasteiger partial charge in [0, 0.05) is 0 Å². The molecule has 1 aliphatic heterocycles. The molecule has 2 aromatic carbocycles. The highest BCUT2D eigenvalue weighted by atomic mass is 16.7. The molecule has 162 valence electrons. The van der Waals surface area contributed by atoms with Crippen molar-refractivity contribution >= 4 is 5.97 Å². The van der Waals surface area contributed by atoms with E-state index in [0.717, 1.165) is 5.56 Å². The SMILES string of the molecule is O=C(O)c1c(O)cccc1CCc1ccc(O[C@@H]2O[C@H](CO)[C@@H](O)[C@H](O)[C@H]2O)cc1. The molecule has 0 saturated carbocycles. The highest BCUT2D eigenvalue weighted by molar-refractivity contribution is 5.92. The number of hydrogen-bond donors (Lipinski definition) is 6. The van der Waals surface area contributed by atoms with Gasteiger partial charge in [-0.25, -0.2) is 4.79 Å². The number of phenols is 1. The summed E-state index contributed by atoms with van der Waals surface area (Å²) in [4.78, 5) is 11.3. The fourth-order valence-corrected chi connectivity index (χ4v) is 3.35. The Morgan fingerprint density at radius 1 is 0.967 bits per heavy atom. The van der Waals surface area contributed by atoms with E-state index in [-0.39, 0.29) is 11.3 Å². The summed E-state index contributed by atoms with van der Waals surface area (Å²) in [7, 11) is 0. The Morgan fingerprint density at radius 3 is 2.30 bits per heavy atom. The van der Waals surface area contributed by atoms with E-state index in [1.54, 1.807) is 36.4 Å². The molecule has 1 fully saturated rings. The van der Waals surface area contributed by atoms with Crippen molar-refractivity contribution in [3.05, 3.63) is 59.2 Å². The van der Waals surface area contributed by atoms with E-state index < -0.39 is 43.3 Å². The first-order chi connectivity index (χ1) is 14.3. The van der Waals surface area contributed by atoms with Crippen LogP contribution in [0.15, 0.2) is 42.5 Å². The van der Waals surface area contributed by atoms with E-state index in [1.165, 1.54) is 6.07 Å². The number of carbonyl (C=O) groups is 1. The van der Waals surface area contributed by atoms with Crippen LogP contribution < -0.4 is 4.74 Å². The molecule has 9 nitrogen and oxygen atoms in total. The molecule has 0 bridgehead atoms. The zero-order valence-corrected chi connectivity index (χ0v) is 16.0. The van der Waals surface area contributed by atoms with Crippen LogP contribution in [-0.4, -0.2) is 73.9 Å². The van der Waals surface area contributed by atoms with Crippen LogP contribution in [0, 0.1) is 0 Å². The Morgan fingerprint density at radius 2 is 1.67 bits per heavy atom. The minimum Gasteiger partial charge on any atom is -0.507 e. The van der Waals surface area contributed by atoms with E-state index in [1.807, 2.05) is 0 Å². The summed E-state index contributed by atoms with van der Waals surface area (Å²) in [6, 6.07) is 11.3. The molecule has 30 heavy (non-hydrogen) atoms. The monoisotopic (exact) mass is 420 g/mol. The number of carboxylic acid groups (broad SMARTS) is 1. The molecule has 2 aromatic rings. The molecule has 0 aromatic heterocycles. The minimum atomic E-state index is -1.52. The first kappa shape index (κ1) is 22.0. The van der Waals surface area contributed by atoms with Crippen LogP contribution in [0.1, 0.15) is 21.5 Å². The normalized spacial score (nSPS) is 26.3. The van der Waals surface area contributed by atoms with Crippen LogP contribution in [-0.2, 0) is 17.6 Å². The number of aryl methyl sites for hydroxylation is 2. The van der Waals surface area contributed by atoms with Crippen LogP contribution in [0.4, 0.5) is 0 Å². The van der Waals surface area contributed by atoms with Crippen LogP contribution in [0.5, 0.6) is 11.5 Å². The smallest absolute Gasteiger partial charge is 0.339 e. The first-order valence-corrected chi connectivity index (χ1v) is 9.42. The molecule has 0 spiro atoms. The molecule has 1 aliphatic rings. The van der Waals surface area contributed by atoms with Gasteiger partial charge < -0.3 is 40.1 Å². The maximum absolute atomic E-state index is 11.3. The van der Waals surface area contributed by atoms with Gasteiger partial charge in [-0.3, -0.25) is 0 Å². The number of aliphatic hydroxyl groups is 4. The van der Waals surface area contributed by atoms with Crippen molar-refractivity contribution in [3.63, 3.8) is 0 Å². The predicted molar refractivity (Wildman–Crippen MR) is 103 cm³/mol. The highest BCUT2D eigenvalue weighted by Gasteiger charge is 2.44. The van der Waals surface area contributed by atoms with E-state index >= 15 is 0 Å². The fourth-order valence-electron chi connectivity index (χ4n) is 3.35. The largest absolute Gasteiger partial charge is 0.507 e. The van der Waals surface area contributed by atoms with E-state index in [2.05, 4.69) is 0 Å². The zero-order chi connectivity index (χ0) is 21.8. The van der Waals surface area contributed by atoms with Gasteiger partial charge in [0.1, 0.15) is 41.5 Å². The maximum Gasteiger partial charge on any atom is 0.339 e. The third-order valence-corrected chi connectivity index (χ3v) is 5.05. The highest BCUT2D eigenvalue weighted by Crippen LogP contribution is 2.26. The third-order valence-electron chi connectivity index (χ3n) is 5.05. The second-order valence-corrected chi connectivity index (χ2v) is 7.08.